The van der Waals surface area contributed by atoms with Gasteiger partial charge in [0.2, 0.25) is 0 Å². The van der Waals surface area contributed by atoms with Crippen molar-refractivity contribution in [1.29, 1.82) is 0 Å². The maximum absolute atomic E-state index is 12.5. The van der Waals surface area contributed by atoms with Crippen molar-refractivity contribution in [2.24, 2.45) is 13.0 Å². The van der Waals surface area contributed by atoms with Crippen LogP contribution in [0.15, 0.2) is 24.3 Å². The molecular weight excluding hydrogens is 320 g/mol. The molecule has 5 nitrogen and oxygen atoms in total. The van der Waals surface area contributed by atoms with Crippen LogP contribution in [0, 0.1) is 10.7 Å². The topological polar surface area (TPSA) is 62.7 Å². The van der Waals surface area contributed by atoms with Crippen LogP contribution in [0.5, 0.6) is 0 Å². The van der Waals surface area contributed by atoms with E-state index >= 15 is 0 Å². The average Bonchev–Trinajstić information content (AvgIpc) is 2.78. The molecule has 1 amide bonds. The van der Waals surface area contributed by atoms with E-state index < -0.39 is 0 Å². The minimum Gasteiger partial charge on any atom is -0.342 e. The second-order valence-corrected chi connectivity index (χ2v) is 6.38. The Labute approximate surface area is 139 Å². The predicted octanol–water partition coefficient (Wildman–Crippen LogP) is 3.65. The van der Waals surface area contributed by atoms with Gasteiger partial charge in [0, 0.05) is 7.05 Å². The highest BCUT2D eigenvalue weighted by atomic mass is 35.5. The third-order valence-corrected chi connectivity index (χ3v) is 4.05. The number of carbonyl (C=O) groups is 1. The summed E-state index contributed by atoms with van der Waals surface area (Å²) in [7, 11) is 1.83. The van der Waals surface area contributed by atoms with Crippen molar-refractivity contribution in [3.05, 3.63) is 45.4 Å². The Morgan fingerprint density at radius 1 is 1.45 bits per heavy atom. The standard InChI is InChI=1S/C15H19ClN4OS/c1-9(2)8-12(13-18-19-15(22)20(13)3)17-14(21)10-6-4-5-7-11(10)16/h4-7,9,12H,8H2,1-3H3,(H,17,21)(H,19,22)/t12-/m0/s1. The first kappa shape index (κ1) is 16.7. The number of H-pyrrole nitrogens is 1. The normalized spacial score (nSPS) is 12.4. The van der Waals surface area contributed by atoms with E-state index in [-0.39, 0.29) is 11.9 Å². The lowest BCUT2D eigenvalue weighted by atomic mass is 10.0. The van der Waals surface area contributed by atoms with Crippen LogP contribution in [0.2, 0.25) is 5.02 Å². The van der Waals surface area contributed by atoms with E-state index in [9.17, 15) is 4.79 Å². The molecule has 1 aromatic carbocycles. The molecule has 0 spiro atoms. The first-order valence-corrected chi connectivity index (χ1v) is 7.85. The smallest absolute Gasteiger partial charge is 0.253 e. The van der Waals surface area contributed by atoms with Crippen LogP contribution in [-0.4, -0.2) is 20.7 Å². The van der Waals surface area contributed by atoms with Crippen LogP contribution in [0.3, 0.4) is 0 Å². The van der Waals surface area contributed by atoms with Crippen molar-refractivity contribution >= 4 is 29.7 Å². The summed E-state index contributed by atoms with van der Waals surface area (Å²) in [6.45, 7) is 4.19. The zero-order valence-electron chi connectivity index (χ0n) is 12.8. The van der Waals surface area contributed by atoms with E-state index in [4.69, 9.17) is 23.8 Å². The number of aromatic amines is 1. The molecule has 118 valence electrons. The van der Waals surface area contributed by atoms with Gasteiger partial charge in [0.1, 0.15) is 0 Å². The van der Waals surface area contributed by atoms with Gasteiger partial charge in [-0.05, 0) is 36.7 Å². The van der Waals surface area contributed by atoms with Crippen molar-refractivity contribution in [1.82, 2.24) is 20.1 Å². The number of nitrogens with zero attached hydrogens (tertiary/aromatic N) is 2. The fraction of sp³-hybridized carbons (Fsp3) is 0.400. The molecule has 0 aliphatic heterocycles. The van der Waals surface area contributed by atoms with Crippen LogP contribution < -0.4 is 5.32 Å². The molecule has 0 radical (unpaired) electrons. The third-order valence-electron chi connectivity index (χ3n) is 3.36. The molecule has 0 fully saturated rings. The summed E-state index contributed by atoms with van der Waals surface area (Å²) >= 11 is 11.2. The van der Waals surface area contributed by atoms with E-state index in [1.807, 2.05) is 7.05 Å². The van der Waals surface area contributed by atoms with Gasteiger partial charge in [0.05, 0.1) is 16.6 Å². The summed E-state index contributed by atoms with van der Waals surface area (Å²) in [5.41, 5.74) is 0.453. The number of halogens is 1. The van der Waals surface area contributed by atoms with E-state index in [1.54, 1.807) is 28.8 Å². The van der Waals surface area contributed by atoms with Gasteiger partial charge in [-0.25, -0.2) is 0 Å². The Hall–Kier alpha value is -1.66. The molecule has 2 aromatic rings. The zero-order valence-corrected chi connectivity index (χ0v) is 14.3. The predicted molar refractivity (Wildman–Crippen MR) is 89.5 cm³/mol. The second-order valence-electron chi connectivity index (χ2n) is 5.58. The molecule has 0 aliphatic carbocycles. The molecule has 0 saturated carbocycles. The highest BCUT2D eigenvalue weighted by Gasteiger charge is 2.22. The lowest BCUT2D eigenvalue weighted by Gasteiger charge is -2.20. The van der Waals surface area contributed by atoms with Crippen molar-refractivity contribution in [2.75, 3.05) is 0 Å². The first-order valence-electron chi connectivity index (χ1n) is 7.06. The van der Waals surface area contributed by atoms with Crippen molar-refractivity contribution in [2.45, 2.75) is 26.3 Å². The number of aromatic nitrogens is 3. The van der Waals surface area contributed by atoms with E-state index in [0.717, 1.165) is 6.42 Å². The van der Waals surface area contributed by atoms with Crippen molar-refractivity contribution < 1.29 is 4.79 Å². The molecule has 0 aliphatic rings. The van der Waals surface area contributed by atoms with Gasteiger partial charge in [0.15, 0.2) is 10.6 Å². The Balaban J connectivity index is 2.28. The van der Waals surface area contributed by atoms with Crippen LogP contribution >= 0.6 is 23.8 Å². The first-order chi connectivity index (χ1) is 10.4. The molecule has 1 atom stereocenters. The van der Waals surface area contributed by atoms with Gasteiger partial charge in [-0.3, -0.25) is 9.89 Å². The zero-order chi connectivity index (χ0) is 16.3. The summed E-state index contributed by atoms with van der Waals surface area (Å²) in [4.78, 5) is 12.5. The number of hydrogen-bond donors (Lipinski definition) is 2. The lowest BCUT2D eigenvalue weighted by Crippen LogP contribution is -2.31. The summed E-state index contributed by atoms with van der Waals surface area (Å²) < 4.78 is 2.30. The SMILES string of the molecule is CC(C)C[C@H](NC(=O)c1ccccc1Cl)c1n[nH]c(=S)n1C. The fourth-order valence-corrected chi connectivity index (χ4v) is 2.61. The number of amides is 1. The maximum atomic E-state index is 12.5. The van der Waals surface area contributed by atoms with Gasteiger partial charge in [0.25, 0.3) is 5.91 Å². The van der Waals surface area contributed by atoms with Crippen molar-refractivity contribution in [3.8, 4) is 0 Å². The lowest BCUT2D eigenvalue weighted by molar-refractivity contribution is 0.0929. The second kappa shape index (κ2) is 7.07. The van der Waals surface area contributed by atoms with Crippen LogP contribution in [0.4, 0.5) is 0 Å². The molecular formula is C15H19ClN4OS. The summed E-state index contributed by atoms with van der Waals surface area (Å²) in [5.74, 6) is 0.881. The molecule has 2 N–H and O–H groups in total. The van der Waals surface area contributed by atoms with Gasteiger partial charge in [-0.2, -0.15) is 5.10 Å². The number of nitrogens with one attached hydrogen (secondary N) is 2. The minimum absolute atomic E-state index is 0.217. The Kier molecular flexibility index (Phi) is 5.37. The molecule has 1 aromatic heterocycles. The van der Waals surface area contributed by atoms with Crippen molar-refractivity contribution in [3.63, 3.8) is 0 Å². The largest absolute Gasteiger partial charge is 0.342 e. The van der Waals surface area contributed by atoms with Gasteiger partial charge in [-0.1, -0.05) is 37.6 Å². The van der Waals surface area contributed by atoms with E-state index in [0.29, 0.717) is 27.1 Å². The summed E-state index contributed by atoms with van der Waals surface area (Å²) in [6.07, 6.45) is 0.754. The molecule has 7 heteroatoms. The fourth-order valence-electron chi connectivity index (χ4n) is 2.25. The van der Waals surface area contributed by atoms with E-state index in [2.05, 4.69) is 29.4 Å². The van der Waals surface area contributed by atoms with Gasteiger partial charge in [-0.15, -0.1) is 0 Å². The van der Waals surface area contributed by atoms with Crippen LogP contribution in [-0.2, 0) is 7.05 Å². The molecule has 2 rings (SSSR count). The molecule has 0 saturated heterocycles. The average molecular weight is 339 g/mol. The summed E-state index contributed by atoms with van der Waals surface area (Å²) in [5, 5.41) is 10.4. The number of hydrogen-bond acceptors (Lipinski definition) is 3. The monoisotopic (exact) mass is 338 g/mol. The number of carbonyl (C=O) groups excluding carboxylic acids is 1. The quantitative estimate of drug-likeness (QED) is 0.818. The molecule has 22 heavy (non-hydrogen) atoms. The molecule has 0 unspecified atom stereocenters. The highest BCUT2D eigenvalue weighted by Crippen LogP contribution is 2.21. The molecule has 1 heterocycles. The highest BCUT2D eigenvalue weighted by molar-refractivity contribution is 7.71. The Bertz CT molecular complexity index is 722. The van der Waals surface area contributed by atoms with Gasteiger partial charge < -0.3 is 9.88 Å². The summed E-state index contributed by atoms with van der Waals surface area (Å²) in [6, 6.07) is 6.74. The van der Waals surface area contributed by atoms with Crippen LogP contribution in [0.1, 0.15) is 42.5 Å². The van der Waals surface area contributed by atoms with Gasteiger partial charge >= 0.3 is 0 Å². The van der Waals surface area contributed by atoms with E-state index in [1.165, 1.54) is 0 Å². The minimum atomic E-state index is -0.235. The number of benzene rings is 1. The Morgan fingerprint density at radius 3 is 2.68 bits per heavy atom. The Morgan fingerprint density at radius 2 is 2.14 bits per heavy atom. The molecule has 0 bridgehead atoms. The van der Waals surface area contributed by atoms with Crippen LogP contribution in [0.25, 0.3) is 0 Å². The maximum Gasteiger partial charge on any atom is 0.253 e. The third kappa shape index (κ3) is 3.75. The number of rotatable bonds is 5.